The second-order valence-electron chi connectivity index (χ2n) is 4.62. The Balaban J connectivity index is 2.43. The van der Waals surface area contributed by atoms with Crippen LogP contribution in [0.15, 0.2) is 18.2 Å². The fourth-order valence-electron chi connectivity index (χ4n) is 2.01. The normalized spacial score (nSPS) is 10.3. The van der Waals surface area contributed by atoms with Crippen LogP contribution in [-0.2, 0) is 0 Å². The van der Waals surface area contributed by atoms with E-state index in [-0.39, 0.29) is 0 Å². The number of hydrogen-bond acceptors (Lipinski definition) is 2. The minimum Gasteiger partial charge on any atom is -0.478 e. The molecule has 0 aromatic heterocycles. The van der Waals surface area contributed by atoms with Crippen molar-refractivity contribution in [3.05, 3.63) is 29.3 Å². The number of aromatic carboxylic acids is 1. The maximum atomic E-state index is 11.0. The number of carbonyl (C=O) groups is 1. The minimum atomic E-state index is -0.862. The van der Waals surface area contributed by atoms with Crippen LogP contribution >= 0.6 is 0 Å². The standard InChI is InChI=1S/C15H23NO2/c1-3-4-5-6-7-11-16-14-10-8-9-13(12(14)2)15(17)18/h8-10,16H,3-7,11H2,1-2H3,(H,17,18). The summed E-state index contributed by atoms with van der Waals surface area (Å²) >= 11 is 0. The molecule has 0 bridgehead atoms. The average Bonchev–Trinajstić information content (AvgIpc) is 2.35. The average molecular weight is 249 g/mol. The third-order valence-corrected chi connectivity index (χ3v) is 3.16. The molecule has 1 aromatic carbocycles. The van der Waals surface area contributed by atoms with Gasteiger partial charge in [0.1, 0.15) is 0 Å². The highest BCUT2D eigenvalue weighted by Crippen LogP contribution is 2.19. The van der Waals surface area contributed by atoms with Gasteiger partial charge >= 0.3 is 5.97 Å². The number of unbranched alkanes of at least 4 members (excludes halogenated alkanes) is 4. The lowest BCUT2D eigenvalue weighted by atomic mass is 10.1. The maximum Gasteiger partial charge on any atom is 0.336 e. The lowest BCUT2D eigenvalue weighted by molar-refractivity contribution is 0.0696. The third kappa shape index (κ3) is 4.40. The Hall–Kier alpha value is -1.51. The molecule has 0 unspecified atom stereocenters. The van der Waals surface area contributed by atoms with Gasteiger partial charge in [-0.2, -0.15) is 0 Å². The molecule has 100 valence electrons. The predicted molar refractivity (Wildman–Crippen MR) is 75.4 cm³/mol. The molecule has 0 saturated carbocycles. The first kappa shape index (κ1) is 14.6. The van der Waals surface area contributed by atoms with Crippen molar-refractivity contribution in [3.63, 3.8) is 0 Å². The zero-order chi connectivity index (χ0) is 13.4. The number of hydrogen-bond donors (Lipinski definition) is 2. The number of carboxylic acids is 1. The summed E-state index contributed by atoms with van der Waals surface area (Å²) in [7, 11) is 0. The summed E-state index contributed by atoms with van der Waals surface area (Å²) in [6.07, 6.45) is 6.21. The van der Waals surface area contributed by atoms with Gasteiger partial charge in [0.25, 0.3) is 0 Å². The summed E-state index contributed by atoms with van der Waals surface area (Å²) in [4.78, 5) is 11.0. The van der Waals surface area contributed by atoms with E-state index in [4.69, 9.17) is 5.11 Å². The van der Waals surface area contributed by atoms with Crippen LogP contribution in [0.5, 0.6) is 0 Å². The first-order valence-electron chi connectivity index (χ1n) is 6.73. The van der Waals surface area contributed by atoms with Crippen LogP contribution in [0.1, 0.15) is 54.9 Å². The number of anilines is 1. The Bertz CT molecular complexity index is 388. The highest BCUT2D eigenvalue weighted by molar-refractivity contribution is 5.91. The molecule has 3 heteroatoms. The fraction of sp³-hybridized carbons (Fsp3) is 0.533. The van der Waals surface area contributed by atoms with E-state index in [1.54, 1.807) is 12.1 Å². The van der Waals surface area contributed by atoms with Gasteiger partial charge in [-0.15, -0.1) is 0 Å². The molecule has 2 N–H and O–H groups in total. The van der Waals surface area contributed by atoms with Gasteiger partial charge in [0.15, 0.2) is 0 Å². The van der Waals surface area contributed by atoms with Crippen LogP contribution in [0.4, 0.5) is 5.69 Å². The van der Waals surface area contributed by atoms with Crippen LogP contribution in [0.2, 0.25) is 0 Å². The minimum absolute atomic E-state index is 0.381. The van der Waals surface area contributed by atoms with Crippen molar-refractivity contribution in [2.45, 2.75) is 46.0 Å². The molecule has 18 heavy (non-hydrogen) atoms. The van der Waals surface area contributed by atoms with Crippen molar-refractivity contribution in [2.24, 2.45) is 0 Å². The molecule has 0 aliphatic carbocycles. The molecule has 0 spiro atoms. The molecule has 0 aliphatic heterocycles. The number of rotatable bonds is 8. The first-order chi connectivity index (χ1) is 8.66. The van der Waals surface area contributed by atoms with Crippen LogP contribution in [0, 0.1) is 6.92 Å². The summed E-state index contributed by atoms with van der Waals surface area (Å²) in [6.45, 7) is 4.97. The van der Waals surface area contributed by atoms with E-state index in [9.17, 15) is 4.79 Å². The number of carboxylic acid groups (broad SMARTS) is 1. The van der Waals surface area contributed by atoms with E-state index in [1.165, 1.54) is 25.7 Å². The molecule has 0 heterocycles. The van der Waals surface area contributed by atoms with Crippen molar-refractivity contribution in [1.29, 1.82) is 0 Å². The molecule has 1 rings (SSSR count). The molecule has 0 amide bonds. The lowest BCUT2D eigenvalue weighted by Gasteiger charge is -2.11. The highest BCUT2D eigenvalue weighted by atomic mass is 16.4. The van der Waals surface area contributed by atoms with E-state index in [0.29, 0.717) is 5.56 Å². The summed E-state index contributed by atoms with van der Waals surface area (Å²) < 4.78 is 0. The molecular formula is C15H23NO2. The van der Waals surface area contributed by atoms with Crippen molar-refractivity contribution < 1.29 is 9.90 Å². The van der Waals surface area contributed by atoms with Crippen LogP contribution < -0.4 is 5.32 Å². The van der Waals surface area contributed by atoms with Gasteiger partial charge in [-0.3, -0.25) is 0 Å². The van der Waals surface area contributed by atoms with Crippen LogP contribution in [0.3, 0.4) is 0 Å². The Morgan fingerprint density at radius 3 is 2.61 bits per heavy atom. The van der Waals surface area contributed by atoms with Gasteiger partial charge in [0, 0.05) is 12.2 Å². The van der Waals surface area contributed by atoms with E-state index < -0.39 is 5.97 Å². The summed E-state index contributed by atoms with van der Waals surface area (Å²) in [5.41, 5.74) is 2.13. The van der Waals surface area contributed by atoms with E-state index in [1.807, 2.05) is 13.0 Å². The number of nitrogens with one attached hydrogen (secondary N) is 1. The van der Waals surface area contributed by atoms with Crippen molar-refractivity contribution in [1.82, 2.24) is 0 Å². The van der Waals surface area contributed by atoms with Crippen molar-refractivity contribution in [3.8, 4) is 0 Å². The van der Waals surface area contributed by atoms with Gasteiger partial charge in [0.05, 0.1) is 5.56 Å². The van der Waals surface area contributed by atoms with Gasteiger partial charge in [-0.05, 0) is 31.0 Å². The first-order valence-corrected chi connectivity index (χ1v) is 6.73. The molecule has 1 aromatic rings. The Labute approximate surface area is 109 Å². The third-order valence-electron chi connectivity index (χ3n) is 3.16. The summed E-state index contributed by atoms with van der Waals surface area (Å²) in [5.74, 6) is -0.862. The Morgan fingerprint density at radius 1 is 1.22 bits per heavy atom. The van der Waals surface area contributed by atoms with Gasteiger partial charge in [0.2, 0.25) is 0 Å². The quantitative estimate of drug-likeness (QED) is 0.683. The van der Waals surface area contributed by atoms with Crippen molar-refractivity contribution >= 4 is 11.7 Å². The topological polar surface area (TPSA) is 49.3 Å². The largest absolute Gasteiger partial charge is 0.478 e. The molecule has 0 fully saturated rings. The molecule has 0 aliphatic rings. The van der Waals surface area contributed by atoms with Gasteiger partial charge in [-0.1, -0.05) is 38.7 Å². The molecular weight excluding hydrogens is 226 g/mol. The van der Waals surface area contributed by atoms with E-state index in [0.717, 1.165) is 24.2 Å². The zero-order valence-electron chi connectivity index (χ0n) is 11.3. The SMILES string of the molecule is CCCCCCCNc1cccc(C(=O)O)c1C. The zero-order valence-corrected chi connectivity index (χ0v) is 11.3. The second kappa shape index (κ2) is 7.75. The Kier molecular flexibility index (Phi) is 6.26. The molecule has 3 nitrogen and oxygen atoms in total. The molecule has 0 radical (unpaired) electrons. The summed E-state index contributed by atoms with van der Waals surface area (Å²) in [5, 5.41) is 12.4. The lowest BCUT2D eigenvalue weighted by Crippen LogP contribution is -2.06. The van der Waals surface area contributed by atoms with E-state index in [2.05, 4.69) is 12.2 Å². The van der Waals surface area contributed by atoms with Crippen LogP contribution in [0.25, 0.3) is 0 Å². The monoisotopic (exact) mass is 249 g/mol. The molecule has 0 atom stereocenters. The second-order valence-corrected chi connectivity index (χ2v) is 4.62. The Morgan fingerprint density at radius 2 is 1.94 bits per heavy atom. The summed E-state index contributed by atoms with van der Waals surface area (Å²) in [6, 6.07) is 5.37. The van der Waals surface area contributed by atoms with Crippen molar-refractivity contribution in [2.75, 3.05) is 11.9 Å². The maximum absolute atomic E-state index is 11.0. The molecule has 0 saturated heterocycles. The highest BCUT2D eigenvalue weighted by Gasteiger charge is 2.09. The van der Waals surface area contributed by atoms with Crippen LogP contribution in [-0.4, -0.2) is 17.6 Å². The predicted octanol–water partition coefficient (Wildman–Crippen LogP) is 4.08. The van der Waals surface area contributed by atoms with E-state index >= 15 is 0 Å². The smallest absolute Gasteiger partial charge is 0.336 e. The number of benzene rings is 1. The fourth-order valence-corrected chi connectivity index (χ4v) is 2.01. The van der Waals surface area contributed by atoms with Gasteiger partial charge < -0.3 is 10.4 Å². The van der Waals surface area contributed by atoms with Gasteiger partial charge in [-0.25, -0.2) is 4.79 Å².